The van der Waals surface area contributed by atoms with Crippen molar-refractivity contribution in [3.8, 4) is 0 Å². The molecule has 1 N–H and O–H groups in total. The maximum atomic E-state index is 12.5. The zero-order chi connectivity index (χ0) is 16.6. The van der Waals surface area contributed by atoms with Crippen molar-refractivity contribution in [1.82, 2.24) is 9.78 Å². The largest absolute Gasteiger partial charge is 0.442 e. The first-order valence-corrected chi connectivity index (χ1v) is 8.81. The van der Waals surface area contributed by atoms with Crippen LogP contribution in [0.15, 0.2) is 27.8 Å². The van der Waals surface area contributed by atoms with Crippen molar-refractivity contribution in [1.29, 1.82) is 0 Å². The molecule has 0 spiro atoms. The zero-order valence-electron chi connectivity index (χ0n) is 12.5. The van der Waals surface area contributed by atoms with Crippen LogP contribution in [0.3, 0.4) is 0 Å². The van der Waals surface area contributed by atoms with Gasteiger partial charge in [-0.3, -0.25) is 9.40 Å². The highest BCUT2D eigenvalue weighted by Gasteiger charge is 2.25. The molecule has 0 bridgehead atoms. The second-order valence-electron chi connectivity index (χ2n) is 5.59. The van der Waals surface area contributed by atoms with Gasteiger partial charge in [0.15, 0.2) is 5.76 Å². The Kier molecular flexibility index (Phi) is 4.13. The Morgan fingerprint density at radius 3 is 2.65 bits per heavy atom. The number of aromatic nitrogens is 2. The average molecular weight is 345 g/mol. The Morgan fingerprint density at radius 2 is 2.04 bits per heavy atom. The molecule has 0 aliphatic heterocycles. The summed E-state index contributed by atoms with van der Waals surface area (Å²) in [6, 6.07) is 2.25. The third-order valence-electron chi connectivity index (χ3n) is 4.04. The number of rotatable bonds is 5. The predicted octanol–water partition coefficient (Wildman–Crippen LogP) is 3.64. The lowest BCUT2D eigenvalue weighted by Crippen LogP contribution is -2.14. The smallest absolute Gasteiger partial charge is 0.295 e. The second-order valence-corrected chi connectivity index (χ2v) is 7.20. The summed E-state index contributed by atoms with van der Waals surface area (Å²) in [5, 5.41) is 3.71. The van der Waals surface area contributed by atoms with Crippen molar-refractivity contribution >= 4 is 15.7 Å². The molecule has 126 valence electrons. The van der Waals surface area contributed by atoms with E-state index in [1.165, 1.54) is 6.20 Å². The van der Waals surface area contributed by atoms with Crippen LogP contribution in [0.1, 0.15) is 49.6 Å². The van der Waals surface area contributed by atoms with Crippen LogP contribution in [0.25, 0.3) is 0 Å². The first-order chi connectivity index (χ1) is 10.9. The molecular formula is C14H17F2N3O3S. The number of sulfonamides is 1. The lowest BCUT2D eigenvalue weighted by Gasteiger charge is -2.12. The summed E-state index contributed by atoms with van der Waals surface area (Å²) in [5.74, 6) is -0.677. The van der Waals surface area contributed by atoms with Crippen LogP contribution >= 0.6 is 0 Å². The van der Waals surface area contributed by atoms with E-state index in [9.17, 15) is 17.2 Å². The number of furan rings is 1. The lowest BCUT2D eigenvalue weighted by atomic mass is 10.2. The molecule has 1 saturated carbocycles. The van der Waals surface area contributed by atoms with E-state index < -0.39 is 27.3 Å². The maximum absolute atomic E-state index is 12.5. The summed E-state index contributed by atoms with van der Waals surface area (Å²) in [5.41, 5.74) is 1.02. The molecule has 2 aromatic rings. The van der Waals surface area contributed by atoms with Crippen molar-refractivity contribution in [2.75, 3.05) is 4.72 Å². The first-order valence-electron chi connectivity index (χ1n) is 7.33. The monoisotopic (exact) mass is 345 g/mol. The Hall–Kier alpha value is -1.90. The van der Waals surface area contributed by atoms with Gasteiger partial charge in [0.25, 0.3) is 16.4 Å². The highest BCUT2D eigenvalue weighted by Crippen LogP contribution is 2.32. The van der Waals surface area contributed by atoms with Crippen molar-refractivity contribution in [2.45, 2.75) is 50.2 Å². The van der Waals surface area contributed by atoms with E-state index in [4.69, 9.17) is 4.42 Å². The highest BCUT2D eigenvalue weighted by molar-refractivity contribution is 7.92. The van der Waals surface area contributed by atoms with Crippen molar-refractivity contribution < 1.29 is 21.6 Å². The van der Waals surface area contributed by atoms with E-state index in [0.717, 1.165) is 37.8 Å². The van der Waals surface area contributed by atoms with Crippen LogP contribution in [-0.2, 0) is 10.0 Å². The maximum Gasteiger partial charge on any atom is 0.295 e. The second kappa shape index (κ2) is 5.95. The van der Waals surface area contributed by atoms with Gasteiger partial charge in [0.05, 0.1) is 23.6 Å². The normalized spacial score (nSPS) is 16.3. The van der Waals surface area contributed by atoms with Crippen LogP contribution in [-0.4, -0.2) is 18.2 Å². The molecule has 1 fully saturated rings. The average Bonchev–Trinajstić information content (AvgIpc) is 3.20. The van der Waals surface area contributed by atoms with E-state index >= 15 is 0 Å². The minimum absolute atomic E-state index is 0.280. The Bertz CT molecular complexity index is 792. The standard InChI is InChI=1S/C14H17F2N3O3S/c1-9-11(8-17-19(9)10-4-2-3-5-10)18-23(20,21)13-7-6-12(22-13)14(15)16/h6-8,10,14,18H,2-5H2,1H3. The van der Waals surface area contributed by atoms with Crippen LogP contribution in [0.5, 0.6) is 0 Å². The van der Waals surface area contributed by atoms with E-state index in [1.807, 2.05) is 4.68 Å². The molecule has 0 amide bonds. The zero-order valence-corrected chi connectivity index (χ0v) is 13.3. The number of anilines is 1. The molecule has 1 aliphatic rings. The van der Waals surface area contributed by atoms with Crippen molar-refractivity contribution in [3.05, 3.63) is 29.8 Å². The Balaban J connectivity index is 1.82. The van der Waals surface area contributed by atoms with Gasteiger partial charge in [-0.05, 0) is 31.9 Å². The molecule has 23 heavy (non-hydrogen) atoms. The molecule has 0 saturated heterocycles. The first kappa shape index (κ1) is 16.0. The number of hydrogen-bond acceptors (Lipinski definition) is 4. The molecule has 2 aromatic heterocycles. The lowest BCUT2D eigenvalue weighted by molar-refractivity contribution is 0.116. The summed E-state index contributed by atoms with van der Waals surface area (Å²) >= 11 is 0. The minimum Gasteiger partial charge on any atom is -0.442 e. The Morgan fingerprint density at radius 1 is 1.35 bits per heavy atom. The molecule has 0 aromatic carbocycles. The SMILES string of the molecule is Cc1c(NS(=O)(=O)c2ccc(C(F)F)o2)cnn1C1CCCC1. The van der Waals surface area contributed by atoms with Gasteiger partial charge in [0.1, 0.15) is 0 Å². The van der Waals surface area contributed by atoms with Gasteiger partial charge in [-0.2, -0.15) is 13.5 Å². The minimum atomic E-state index is -4.06. The van der Waals surface area contributed by atoms with Crippen molar-refractivity contribution in [2.24, 2.45) is 0 Å². The highest BCUT2D eigenvalue weighted by atomic mass is 32.2. The number of hydrogen-bond donors (Lipinski definition) is 1. The summed E-state index contributed by atoms with van der Waals surface area (Å²) in [7, 11) is -4.06. The van der Waals surface area contributed by atoms with E-state index in [1.54, 1.807) is 6.92 Å². The third kappa shape index (κ3) is 3.10. The van der Waals surface area contributed by atoms with E-state index in [-0.39, 0.29) is 6.04 Å². The van der Waals surface area contributed by atoms with Gasteiger partial charge in [0, 0.05) is 0 Å². The summed E-state index contributed by atoms with van der Waals surface area (Å²) in [4.78, 5) is 0. The van der Waals surface area contributed by atoms with Gasteiger partial charge in [-0.1, -0.05) is 12.8 Å². The molecule has 0 unspecified atom stereocenters. The van der Waals surface area contributed by atoms with Gasteiger partial charge in [-0.15, -0.1) is 0 Å². The molecule has 2 heterocycles. The van der Waals surface area contributed by atoms with E-state index in [2.05, 4.69) is 9.82 Å². The third-order valence-corrected chi connectivity index (χ3v) is 5.28. The number of alkyl halides is 2. The van der Waals surface area contributed by atoms with Crippen LogP contribution in [0.2, 0.25) is 0 Å². The Labute approximate surface area is 132 Å². The molecule has 0 radical (unpaired) electrons. The molecular weight excluding hydrogens is 328 g/mol. The fourth-order valence-electron chi connectivity index (χ4n) is 2.83. The van der Waals surface area contributed by atoms with Gasteiger partial charge < -0.3 is 4.42 Å². The van der Waals surface area contributed by atoms with Gasteiger partial charge in [-0.25, -0.2) is 8.78 Å². The quantitative estimate of drug-likeness (QED) is 0.897. The molecule has 3 rings (SSSR count). The molecule has 9 heteroatoms. The number of halogens is 2. The summed E-state index contributed by atoms with van der Waals surface area (Å²) in [6.45, 7) is 1.77. The fraction of sp³-hybridized carbons (Fsp3) is 0.500. The van der Waals surface area contributed by atoms with E-state index in [0.29, 0.717) is 11.4 Å². The summed E-state index contributed by atoms with van der Waals surface area (Å²) in [6.07, 6.45) is 2.88. The predicted molar refractivity (Wildman–Crippen MR) is 78.9 cm³/mol. The number of nitrogens with one attached hydrogen (secondary N) is 1. The van der Waals surface area contributed by atoms with Crippen molar-refractivity contribution in [3.63, 3.8) is 0 Å². The summed E-state index contributed by atoms with van der Waals surface area (Å²) < 4.78 is 58.4. The van der Waals surface area contributed by atoms with Gasteiger partial charge in [0.2, 0.25) is 5.09 Å². The van der Waals surface area contributed by atoms with Crippen LogP contribution in [0.4, 0.5) is 14.5 Å². The fourth-order valence-corrected chi connectivity index (χ4v) is 3.88. The van der Waals surface area contributed by atoms with Crippen LogP contribution in [0, 0.1) is 6.92 Å². The molecule has 1 aliphatic carbocycles. The number of nitrogens with zero attached hydrogens (tertiary/aromatic N) is 2. The molecule has 0 atom stereocenters. The molecule has 6 nitrogen and oxygen atoms in total. The van der Waals surface area contributed by atoms with Crippen LogP contribution < -0.4 is 4.72 Å². The topological polar surface area (TPSA) is 77.1 Å². The van der Waals surface area contributed by atoms with Gasteiger partial charge >= 0.3 is 0 Å².